The molecule has 0 aromatic carbocycles. The van der Waals surface area contributed by atoms with Gasteiger partial charge in [0, 0.05) is 5.16 Å². The van der Waals surface area contributed by atoms with Gasteiger partial charge in [0.05, 0.1) is 5.16 Å². The molecule has 0 saturated heterocycles. The van der Waals surface area contributed by atoms with E-state index in [1.807, 2.05) is 25.6 Å². The smallest absolute Gasteiger partial charge is 0.270 e. The average molecular weight is 344 g/mol. The molecule has 2 atom stereocenters. The maximum atomic E-state index is 11.5. The summed E-state index contributed by atoms with van der Waals surface area (Å²) in [4.78, 5) is 18.9. The molecule has 0 aliphatic carbocycles. The Hall–Kier alpha value is 0.850. The molecular weight excluding hydrogens is 314 g/mol. The van der Waals surface area contributed by atoms with Gasteiger partial charge in [-0.25, -0.2) is 0 Å². The van der Waals surface area contributed by atoms with Crippen molar-refractivity contribution in [1.29, 1.82) is 0 Å². The largest absolute Gasteiger partial charge is 0.359 e. The lowest BCUT2D eigenvalue weighted by Crippen LogP contribution is -2.24. The fourth-order valence-corrected chi connectivity index (χ4v) is 3.36. The maximum Gasteiger partial charge on any atom is 0.270 e. The van der Waals surface area contributed by atoms with Crippen LogP contribution in [-0.2, 0) is 4.57 Å². The Kier molecular flexibility index (Phi) is 8.83. The van der Waals surface area contributed by atoms with E-state index in [1.54, 1.807) is 13.8 Å². The first kappa shape index (κ1) is 20.9. The van der Waals surface area contributed by atoms with Crippen LogP contribution in [0.5, 0.6) is 0 Å². The van der Waals surface area contributed by atoms with Gasteiger partial charge in [-0.2, -0.15) is 11.8 Å². The Balaban J connectivity index is 3.73. The summed E-state index contributed by atoms with van der Waals surface area (Å²) >= 11 is 1.83. The number of thioether (sulfide) groups is 1. The van der Waals surface area contributed by atoms with Gasteiger partial charge < -0.3 is 9.79 Å². The molecule has 0 aromatic heterocycles. The summed E-state index contributed by atoms with van der Waals surface area (Å²) in [5, 5.41) is -0.886. The highest BCUT2D eigenvalue weighted by Crippen LogP contribution is 2.49. The summed E-state index contributed by atoms with van der Waals surface area (Å²) in [5.74, 6) is 1.98. The van der Waals surface area contributed by atoms with Gasteiger partial charge in [0.15, 0.2) is 0 Å². The summed E-state index contributed by atoms with van der Waals surface area (Å²) < 4.78 is 11.5. The van der Waals surface area contributed by atoms with Crippen LogP contribution in [0.25, 0.3) is 0 Å². The second-order valence-corrected chi connectivity index (χ2v) is 12.0. The zero-order chi connectivity index (χ0) is 16.0. The summed E-state index contributed by atoms with van der Waals surface area (Å²) in [7, 11) is -4.89. The quantitative estimate of drug-likeness (QED) is 0.358. The van der Waals surface area contributed by atoms with Gasteiger partial charge >= 0.3 is 0 Å². The molecule has 122 valence electrons. The topological polar surface area (TPSA) is 110 Å². The van der Waals surface area contributed by atoms with E-state index < -0.39 is 21.0 Å². The molecule has 0 saturated carbocycles. The van der Waals surface area contributed by atoms with Crippen LogP contribution in [0.2, 0.25) is 0 Å². The number of rotatable bonds is 10. The number of hydrogen-bond acceptors (Lipinski definition) is 4. The van der Waals surface area contributed by atoms with Gasteiger partial charge in [0.25, 0.3) is 7.52 Å². The fourth-order valence-electron chi connectivity index (χ4n) is 1.59. The van der Waals surface area contributed by atoms with E-state index in [0.717, 1.165) is 30.8 Å². The Bertz CT molecular complexity index is 333. The summed E-state index contributed by atoms with van der Waals surface area (Å²) in [6.07, 6.45) is 3.47. The van der Waals surface area contributed by atoms with Gasteiger partial charge in [-0.3, -0.25) is 15.6 Å². The molecule has 8 heteroatoms. The highest BCUT2D eigenvalue weighted by Gasteiger charge is 2.34. The highest BCUT2D eigenvalue weighted by atomic mass is 32.2. The lowest BCUT2D eigenvalue weighted by Gasteiger charge is -2.27. The Labute approximate surface area is 128 Å². The molecule has 0 heterocycles. The Morgan fingerprint density at radius 1 is 1.15 bits per heavy atom. The van der Waals surface area contributed by atoms with Gasteiger partial charge in [0.1, 0.15) is 8.30 Å². The van der Waals surface area contributed by atoms with E-state index in [4.69, 9.17) is 11.0 Å². The van der Waals surface area contributed by atoms with E-state index >= 15 is 0 Å². The monoisotopic (exact) mass is 344 g/mol. The van der Waals surface area contributed by atoms with Crippen LogP contribution in [0, 0.1) is 0 Å². The molecule has 0 fully saturated rings. The van der Waals surface area contributed by atoms with Crippen LogP contribution >= 0.6 is 27.6 Å². The molecule has 0 rings (SSSR count). The third-order valence-electron chi connectivity index (χ3n) is 3.64. The summed E-state index contributed by atoms with van der Waals surface area (Å²) in [5.41, 5.74) is 10.9. The van der Waals surface area contributed by atoms with Crippen molar-refractivity contribution in [2.75, 3.05) is 11.5 Å². The maximum absolute atomic E-state index is 11.5. The van der Waals surface area contributed by atoms with Crippen LogP contribution in [0.3, 0.4) is 0 Å². The third-order valence-corrected chi connectivity index (χ3v) is 8.22. The van der Waals surface area contributed by atoms with Crippen molar-refractivity contribution >= 4 is 27.6 Å². The Morgan fingerprint density at radius 2 is 1.60 bits per heavy atom. The summed E-state index contributed by atoms with van der Waals surface area (Å²) in [6.45, 7) is 7.47. The van der Waals surface area contributed by atoms with Crippen LogP contribution in [0.4, 0.5) is 0 Å². The van der Waals surface area contributed by atoms with Gasteiger partial charge in [-0.15, -0.1) is 0 Å². The van der Waals surface area contributed by atoms with E-state index in [0.29, 0.717) is 6.42 Å². The number of nitrogens with two attached hydrogens (primary N) is 2. The average Bonchev–Trinajstić information content (AvgIpc) is 2.25. The normalized spacial score (nSPS) is 17.8. The molecule has 0 aromatic rings. The standard InChI is InChI=1S/C12H30N2O3P2S/c1-11(2,18(13)15)7-5-9-20-10-6-8-12(3,4)19(14,16)17/h15H,5-10,13H2,1-4H3,(H3,14,16,17). The molecule has 0 aliphatic heterocycles. The molecule has 0 radical (unpaired) electrons. The van der Waals surface area contributed by atoms with Crippen LogP contribution in [-0.4, -0.2) is 31.6 Å². The van der Waals surface area contributed by atoms with E-state index in [-0.39, 0.29) is 5.16 Å². The molecule has 0 bridgehead atoms. The zero-order valence-electron chi connectivity index (χ0n) is 13.0. The summed E-state index contributed by atoms with van der Waals surface area (Å²) in [6, 6.07) is 0. The van der Waals surface area contributed by atoms with Crippen LogP contribution < -0.4 is 11.0 Å². The minimum atomic E-state index is -3.51. The second kappa shape index (κ2) is 8.47. The van der Waals surface area contributed by atoms with E-state index in [9.17, 15) is 14.4 Å². The third kappa shape index (κ3) is 7.74. The van der Waals surface area contributed by atoms with Gasteiger partial charge in [0.2, 0.25) is 0 Å². The molecular formula is C12H30N2O3P2S. The van der Waals surface area contributed by atoms with Crippen LogP contribution in [0.15, 0.2) is 0 Å². The van der Waals surface area contributed by atoms with Crippen molar-refractivity contribution < 1.29 is 14.4 Å². The molecule has 0 amide bonds. The Morgan fingerprint density at radius 3 is 2.00 bits per heavy atom. The van der Waals surface area contributed by atoms with Crippen molar-refractivity contribution in [3.63, 3.8) is 0 Å². The van der Waals surface area contributed by atoms with Crippen molar-refractivity contribution in [3.05, 3.63) is 0 Å². The zero-order valence-corrected chi connectivity index (χ0v) is 15.6. The second-order valence-electron chi connectivity index (χ2n) is 6.41. The molecule has 0 aliphatic rings. The lowest BCUT2D eigenvalue weighted by molar-refractivity contribution is 0.427. The van der Waals surface area contributed by atoms with Crippen molar-refractivity contribution in [1.82, 2.24) is 0 Å². The highest BCUT2D eigenvalue weighted by molar-refractivity contribution is 7.99. The first-order valence-electron chi connectivity index (χ1n) is 6.83. The predicted molar refractivity (Wildman–Crippen MR) is 91.3 cm³/mol. The lowest BCUT2D eigenvalue weighted by atomic mass is 10.1. The molecule has 5 nitrogen and oxygen atoms in total. The molecule has 2 unspecified atom stereocenters. The SMILES string of the molecule is CC(C)(CCCSCCCC(C)(C)P(N)(=O)O)P(N)O. The minimum Gasteiger partial charge on any atom is -0.359 e. The molecule has 20 heavy (non-hydrogen) atoms. The van der Waals surface area contributed by atoms with Crippen molar-refractivity contribution in [3.8, 4) is 0 Å². The van der Waals surface area contributed by atoms with E-state index in [2.05, 4.69) is 0 Å². The van der Waals surface area contributed by atoms with Crippen molar-refractivity contribution in [2.24, 2.45) is 11.0 Å². The van der Waals surface area contributed by atoms with Crippen LogP contribution in [0.1, 0.15) is 53.4 Å². The first-order valence-corrected chi connectivity index (χ1v) is 11.1. The molecule has 0 spiro atoms. The number of hydrogen-bond donors (Lipinski definition) is 4. The minimum absolute atomic E-state index is 0.180. The van der Waals surface area contributed by atoms with Gasteiger partial charge in [-0.05, 0) is 51.0 Å². The van der Waals surface area contributed by atoms with Crippen molar-refractivity contribution in [2.45, 2.75) is 63.7 Å². The fraction of sp³-hybridized carbons (Fsp3) is 1.00. The molecule has 6 N–H and O–H groups in total. The predicted octanol–water partition coefficient (Wildman–Crippen LogP) is 3.24. The van der Waals surface area contributed by atoms with Gasteiger partial charge in [-0.1, -0.05) is 13.8 Å². The first-order chi connectivity index (χ1) is 8.90. The van der Waals surface area contributed by atoms with E-state index in [1.165, 1.54) is 0 Å².